The number of rotatable bonds is 7. The second-order valence-corrected chi connectivity index (χ2v) is 9.15. The molecule has 0 aliphatic heterocycles. The predicted molar refractivity (Wildman–Crippen MR) is 130 cm³/mol. The summed E-state index contributed by atoms with van der Waals surface area (Å²) in [5.41, 5.74) is 0.614. The molecule has 0 spiro atoms. The average molecular weight is 537 g/mol. The number of aromatic nitrogens is 3. The van der Waals surface area contributed by atoms with Gasteiger partial charge < -0.3 is 5.32 Å². The third-order valence-corrected chi connectivity index (χ3v) is 6.46. The molecule has 1 heterocycles. The van der Waals surface area contributed by atoms with E-state index in [0.717, 1.165) is 17.7 Å². The molecule has 180 valence electrons. The minimum absolute atomic E-state index is 0.0903. The number of hydrogen-bond acceptors (Lipinski definition) is 4. The van der Waals surface area contributed by atoms with Crippen LogP contribution in [0.5, 0.6) is 0 Å². The molecule has 35 heavy (non-hydrogen) atoms. The number of benzene rings is 3. The van der Waals surface area contributed by atoms with Crippen LogP contribution in [0.25, 0.3) is 5.69 Å². The van der Waals surface area contributed by atoms with Crippen molar-refractivity contribution in [1.29, 1.82) is 0 Å². The summed E-state index contributed by atoms with van der Waals surface area (Å²) in [6.45, 7) is -0.0903. The van der Waals surface area contributed by atoms with Gasteiger partial charge in [-0.15, -0.1) is 10.2 Å². The summed E-state index contributed by atoms with van der Waals surface area (Å²) < 4.78 is 40.7. The molecule has 3 aromatic carbocycles. The van der Waals surface area contributed by atoms with Crippen LogP contribution in [0.1, 0.15) is 27.3 Å². The molecule has 0 saturated carbocycles. The van der Waals surface area contributed by atoms with Gasteiger partial charge in [0.15, 0.2) is 11.0 Å². The van der Waals surface area contributed by atoms with Crippen molar-refractivity contribution in [3.8, 4) is 5.69 Å². The Morgan fingerprint density at radius 3 is 2.46 bits per heavy atom. The molecule has 4 rings (SSSR count). The first-order valence-electron chi connectivity index (χ1n) is 10.2. The minimum Gasteiger partial charge on any atom is -0.345 e. The molecule has 1 amide bonds. The van der Waals surface area contributed by atoms with Gasteiger partial charge in [0.2, 0.25) is 0 Å². The highest BCUT2D eigenvalue weighted by molar-refractivity contribution is 7.98. The molecular weight excluding hydrogens is 520 g/mol. The Balaban J connectivity index is 1.59. The highest BCUT2D eigenvalue weighted by Gasteiger charge is 2.31. The van der Waals surface area contributed by atoms with Crippen molar-refractivity contribution in [2.24, 2.45) is 0 Å². The first-order chi connectivity index (χ1) is 16.7. The van der Waals surface area contributed by atoms with Crippen LogP contribution in [0.4, 0.5) is 13.2 Å². The number of nitrogens with one attached hydrogen (secondary N) is 1. The minimum atomic E-state index is -4.55. The summed E-state index contributed by atoms with van der Waals surface area (Å²) in [5.74, 6) is 0.289. The van der Waals surface area contributed by atoms with Gasteiger partial charge in [0, 0.05) is 16.3 Å². The highest BCUT2D eigenvalue weighted by Crippen LogP contribution is 2.31. The molecule has 11 heteroatoms. The second-order valence-electron chi connectivity index (χ2n) is 7.37. The van der Waals surface area contributed by atoms with Crippen molar-refractivity contribution < 1.29 is 18.0 Å². The van der Waals surface area contributed by atoms with E-state index in [-0.39, 0.29) is 12.1 Å². The van der Waals surface area contributed by atoms with Crippen molar-refractivity contribution in [3.63, 3.8) is 0 Å². The summed E-state index contributed by atoms with van der Waals surface area (Å²) in [6.07, 6.45) is -4.55. The lowest BCUT2D eigenvalue weighted by atomic mass is 10.1. The summed E-state index contributed by atoms with van der Waals surface area (Å²) in [7, 11) is 0. The first-order valence-corrected chi connectivity index (χ1v) is 12.0. The van der Waals surface area contributed by atoms with Gasteiger partial charge in [-0.05, 0) is 42.0 Å². The Morgan fingerprint density at radius 1 is 0.971 bits per heavy atom. The summed E-state index contributed by atoms with van der Waals surface area (Å²) in [4.78, 5) is 12.6. The Kier molecular flexibility index (Phi) is 7.69. The number of carbonyl (C=O) groups is 1. The molecular formula is C24H17Cl2F3N4OS. The molecule has 0 fully saturated rings. The zero-order valence-corrected chi connectivity index (χ0v) is 20.2. The van der Waals surface area contributed by atoms with Crippen LogP contribution in [-0.4, -0.2) is 20.7 Å². The van der Waals surface area contributed by atoms with Crippen LogP contribution in [0.2, 0.25) is 10.0 Å². The first kappa shape index (κ1) is 25.1. The van der Waals surface area contributed by atoms with E-state index in [2.05, 4.69) is 15.5 Å². The maximum absolute atomic E-state index is 13.0. The summed E-state index contributed by atoms with van der Waals surface area (Å²) in [5, 5.41) is 12.4. The van der Waals surface area contributed by atoms with E-state index in [4.69, 9.17) is 23.2 Å². The van der Waals surface area contributed by atoms with Crippen LogP contribution in [0.3, 0.4) is 0 Å². The second kappa shape index (κ2) is 10.7. The summed E-state index contributed by atoms with van der Waals surface area (Å²) in [6, 6.07) is 18.9. The summed E-state index contributed by atoms with van der Waals surface area (Å²) >= 11 is 13.9. The monoisotopic (exact) mass is 536 g/mol. The number of thioether (sulfide) groups is 1. The van der Waals surface area contributed by atoms with E-state index in [0.29, 0.717) is 32.5 Å². The Labute approximate surface area is 213 Å². The normalized spacial score (nSPS) is 11.5. The van der Waals surface area contributed by atoms with E-state index >= 15 is 0 Å². The zero-order chi connectivity index (χ0) is 25.0. The average Bonchev–Trinajstić information content (AvgIpc) is 3.24. The fraction of sp³-hybridized carbons (Fsp3) is 0.125. The highest BCUT2D eigenvalue weighted by atomic mass is 35.5. The molecule has 1 aromatic heterocycles. The van der Waals surface area contributed by atoms with Crippen molar-refractivity contribution in [2.75, 3.05) is 0 Å². The van der Waals surface area contributed by atoms with Crippen LogP contribution in [0, 0.1) is 0 Å². The van der Waals surface area contributed by atoms with Crippen LogP contribution >= 0.6 is 35.0 Å². The third kappa shape index (κ3) is 6.17. The molecule has 4 aromatic rings. The Morgan fingerprint density at radius 2 is 1.74 bits per heavy atom. The van der Waals surface area contributed by atoms with Crippen molar-refractivity contribution in [3.05, 3.63) is 105 Å². The van der Waals surface area contributed by atoms with Gasteiger partial charge in [0.1, 0.15) is 0 Å². The van der Waals surface area contributed by atoms with Gasteiger partial charge in [-0.25, -0.2) is 0 Å². The lowest BCUT2D eigenvalue weighted by Crippen LogP contribution is -2.25. The van der Waals surface area contributed by atoms with Gasteiger partial charge in [-0.3, -0.25) is 9.36 Å². The number of amides is 1. The largest absolute Gasteiger partial charge is 0.416 e. The van der Waals surface area contributed by atoms with Gasteiger partial charge in [-0.1, -0.05) is 71.4 Å². The number of hydrogen-bond donors (Lipinski definition) is 1. The Hall–Kier alpha value is -3.01. The fourth-order valence-electron chi connectivity index (χ4n) is 3.23. The van der Waals surface area contributed by atoms with Gasteiger partial charge in [0.25, 0.3) is 5.91 Å². The van der Waals surface area contributed by atoms with Crippen LogP contribution in [0.15, 0.2) is 78.0 Å². The molecule has 0 unspecified atom stereocenters. The van der Waals surface area contributed by atoms with E-state index < -0.39 is 17.6 Å². The van der Waals surface area contributed by atoms with Crippen molar-refractivity contribution >= 4 is 40.9 Å². The van der Waals surface area contributed by atoms with Crippen LogP contribution < -0.4 is 5.32 Å². The maximum Gasteiger partial charge on any atom is 0.416 e. The lowest BCUT2D eigenvalue weighted by Gasteiger charge is -2.13. The van der Waals surface area contributed by atoms with Gasteiger partial charge in [-0.2, -0.15) is 13.2 Å². The molecule has 0 aliphatic carbocycles. The molecule has 0 saturated heterocycles. The number of alkyl halides is 3. The van der Waals surface area contributed by atoms with E-state index in [1.165, 1.54) is 23.9 Å². The standard InChI is InChI=1S/C24H17Cl2F3N4OS/c25-18-9-10-20(19(26)12-18)33-21(31-32-23(33)35-14-15-5-2-1-3-6-15)13-30-22(34)16-7-4-8-17(11-16)24(27,28)29/h1-12H,13-14H2,(H,30,34). The number of carbonyl (C=O) groups excluding carboxylic acids is 1. The number of halogens is 5. The molecule has 5 nitrogen and oxygen atoms in total. The van der Waals surface area contributed by atoms with Gasteiger partial charge in [0.05, 0.1) is 22.8 Å². The maximum atomic E-state index is 13.0. The molecule has 0 radical (unpaired) electrons. The predicted octanol–water partition coefficient (Wildman–Crippen LogP) is 6.82. The molecule has 0 atom stereocenters. The van der Waals surface area contributed by atoms with E-state index in [1.807, 2.05) is 30.3 Å². The van der Waals surface area contributed by atoms with E-state index in [1.54, 1.807) is 22.8 Å². The fourth-order valence-corrected chi connectivity index (χ4v) is 4.65. The van der Waals surface area contributed by atoms with Crippen LogP contribution in [-0.2, 0) is 18.5 Å². The smallest absolute Gasteiger partial charge is 0.345 e. The molecule has 1 N–H and O–H groups in total. The SMILES string of the molecule is O=C(NCc1nnc(SCc2ccccc2)n1-c1ccc(Cl)cc1Cl)c1cccc(C(F)(F)F)c1. The third-order valence-electron chi connectivity index (χ3n) is 4.92. The number of nitrogens with zero attached hydrogens (tertiary/aromatic N) is 3. The topological polar surface area (TPSA) is 59.8 Å². The van der Waals surface area contributed by atoms with E-state index in [9.17, 15) is 18.0 Å². The lowest BCUT2D eigenvalue weighted by molar-refractivity contribution is -0.137. The van der Waals surface area contributed by atoms with Crippen molar-refractivity contribution in [2.45, 2.75) is 23.6 Å². The Bertz CT molecular complexity index is 1350. The molecule has 0 aliphatic rings. The zero-order valence-electron chi connectivity index (χ0n) is 17.9. The van der Waals surface area contributed by atoms with Crippen molar-refractivity contribution in [1.82, 2.24) is 20.1 Å². The molecule has 0 bridgehead atoms. The van der Waals surface area contributed by atoms with Gasteiger partial charge >= 0.3 is 6.18 Å². The quantitative estimate of drug-likeness (QED) is 0.263.